The molecule has 0 amide bonds. The predicted molar refractivity (Wildman–Crippen MR) is 70.4 cm³/mol. The van der Waals surface area contributed by atoms with Gasteiger partial charge in [0.1, 0.15) is 0 Å². The van der Waals surface area contributed by atoms with E-state index < -0.39 is 14.6 Å². The van der Waals surface area contributed by atoms with E-state index in [4.69, 9.17) is 16.3 Å². The molecule has 1 heterocycles. The Balaban J connectivity index is 2.46. The van der Waals surface area contributed by atoms with E-state index in [1.807, 2.05) is 0 Å². The Hall–Kier alpha value is 0.160. The van der Waals surface area contributed by atoms with Gasteiger partial charge >= 0.3 is 0 Å². The quantitative estimate of drug-likeness (QED) is 0.726. The van der Waals surface area contributed by atoms with Crippen LogP contribution in [0.15, 0.2) is 0 Å². The van der Waals surface area contributed by atoms with Gasteiger partial charge < -0.3 is 4.74 Å². The lowest BCUT2D eigenvalue weighted by Gasteiger charge is -2.32. The Labute approximate surface area is 109 Å². The minimum Gasteiger partial charge on any atom is -0.374 e. The first kappa shape index (κ1) is 15.2. The van der Waals surface area contributed by atoms with E-state index in [1.54, 1.807) is 20.8 Å². The molecule has 0 spiro atoms. The monoisotopic (exact) mass is 283 g/mol. The number of rotatable bonds is 4. The number of ether oxygens (including phenoxy) is 1. The van der Waals surface area contributed by atoms with Crippen molar-refractivity contribution in [3.05, 3.63) is 0 Å². The fourth-order valence-electron chi connectivity index (χ4n) is 1.63. The van der Waals surface area contributed by atoms with E-state index in [1.165, 1.54) is 0 Å². The molecule has 1 fully saturated rings. The second-order valence-corrected chi connectivity index (χ2v) is 8.55. The van der Waals surface area contributed by atoms with Crippen LogP contribution in [0.2, 0.25) is 0 Å². The Kier molecular flexibility index (Phi) is 5.25. The molecule has 0 saturated carbocycles. The van der Waals surface area contributed by atoms with E-state index in [0.29, 0.717) is 19.0 Å². The lowest BCUT2D eigenvalue weighted by molar-refractivity contribution is -0.0141. The fourth-order valence-corrected chi connectivity index (χ4v) is 2.93. The standard InChI is InChI=1S/C11H22ClNO3S/c1-11(2,3)17(14,15)7-5-13-4-6-16-10(8-12)9-13/h10H,4-9H2,1-3H3. The summed E-state index contributed by atoms with van der Waals surface area (Å²) >= 11 is 5.74. The maximum Gasteiger partial charge on any atom is 0.156 e. The van der Waals surface area contributed by atoms with Crippen molar-refractivity contribution < 1.29 is 13.2 Å². The lowest BCUT2D eigenvalue weighted by Crippen LogP contribution is -2.46. The van der Waals surface area contributed by atoms with E-state index >= 15 is 0 Å². The average molecular weight is 284 g/mol. The molecule has 1 aliphatic rings. The number of morpholine rings is 1. The van der Waals surface area contributed by atoms with Crippen molar-refractivity contribution in [3.8, 4) is 0 Å². The van der Waals surface area contributed by atoms with Crippen molar-refractivity contribution in [3.63, 3.8) is 0 Å². The predicted octanol–water partition coefficient (Wildman–Crippen LogP) is 1.14. The van der Waals surface area contributed by atoms with Crippen molar-refractivity contribution in [2.75, 3.05) is 37.9 Å². The number of sulfone groups is 1. The first-order valence-corrected chi connectivity index (χ1v) is 8.07. The first-order valence-electron chi connectivity index (χ1n) is 5.88. The van der Waals surface area contributed by atoms with Gasteiger partial charge in [0.2, 0.25) is 0 Å². The molecule has 1 aliphatic heterocycles. The number of halogens is 1. The molecule has 0 aromatic rings. The molecule has 17 heavy (non-hydrogen) atoms. The number of alkyl halides is 1. The third-order valence-corrected chi connectivity index (χ3v) is 5.93. The molecule has 1 atom stereocenters. The largest absolute Gasteiger partial charge is 0.374 e. The number of hydrogen-bond acceptors (Lipinski definition) is 4. The molecular formula is C11H22ClNO3S. The highest BCUT2D eigenvalue weighted by Crippen LogP contribution is 2.16. The molecule has 0 aromatic heterocycles. The van der Waals surface area contributed by atoms with Crippen LogP contribution in [0.4, 0.5) is 0 Å². The van der Waals surface area contributed by atoms with Crippen molar-refractivity contribution in [2.45, 2.75) is 31.6 Å². The minimum atomic E-state index is -3.04. The van der Waals surface area contributed by atoms with Gasteiger partial charge in [-0.05, 0) is 20.8 Å². The summed E-state index contributed by atoms with van der Waals surface area (Å²) < 4.78 is 28.7. The van der Waals surface area contributed by atoms with E-state index in [9.17, 15) is 8.42 Å². The molecule has 102 valence electrons. The SMILES string of the molecule is CC(C)(C)S(=O)(=O)CCN1CCOC(CCl)C1. The second-order valence-electron chi connectivity index (χ2n) is 5.38. The Morgan fingerprint density at radius 2 is 2.06 bits per heavy atom. The van der Waals surface area contributed by atoms with Crippen LogP contribution >= 0.6 is 11.6 Å². The molecule has 0 radical (unpaired) electrons. The van der Waals surface area contributed by atoms with Gasteiger partial charge in [0.15, 0.2) is 9.84 Å². The van der Waals surface area contributed by atoms with E-state index in [2.05, 4.69) is 4.90 Å². The van der Waals surface area contributed by atoms with Gasteiger partial charge in [-0.3, -0.25) is 4.90 Å². The molecular weight excluding hydrogens is 262 g/mol. The van der Waals surface area contributed by atoms with Crippen LogP contribution in [-0.2, 0) is 14.6 Å². The zero-order valence-electron chi connectivity index (χ0n) is 10.8. The fraction of sp³-hybridized carbons (Fsp3) is 1.00. The van der Waals surface area contributed by atoms with Crippen LogP contribution < -0.4 is 0 Å². The molecule has 0 aliphatic carbocycles. The molecule has 1 rings (SSSR count). The molecule has 1 saturated heterocycles. The zero-order chi connectivity index (χ0) is 13.1. The van der Waals surface area contributed by atoms with E-state index in [-0.39, 0.29) is 11.9 Å². The first-order chi connectivity index (χ1) is 7.76. The summed E-state index contributed by atoms with van der Waals surface area (Å²) in [6, 6.07) is 0. The van der Waals surface area contributed by atoms with Crippen LogP contribution in [0.5, 0.6) is 0 Å². The number of nitrogens with zero attached hydrogens (tertiary/aromatic N) is 1. The highest BCUT2D eigenvalue weighted by Gasteiger charge is 2.30. The van der Waals surface area contributed by atoms with Crippen molar-refractivity contribution in [1.29, 1.82) is 0 Å². The van der Waals surface area contributed by atoms with Gasteiger partial charge in [0.25, 0.3) is 0 Å². The summed E-state index contributed by atoms with van der Waals surface area (Å²) in [6.07, 6.45) is 0.0303. The third kappa shape index (κ3) is 4.39. The third-order valence-electron chi connectivity index (χ3n) is 3.00. The molecule has 6 heteroatoms. The Morgan fingerprint density at radius 3 is 2.59 bits per heavy atom. The molecule has 0 N–H and O–H groups in total. The summed E-state index contributed by atoms with van der Waals surface area (Å²) in [7, 11) is -3.04. The van der Waals surface area contributed by atoms with Gasteiger partial charge in [-0.25, -0.2) is 8.42 Å². The van der Waals surface area contributed by atoms with Gasteiger partial charge in [0.05, 0.1) is 23.2 Å². The zero-order valence-corrected chi connectivity index (χ0v) is 12.4. The summed E-state index contributed by atoms with van der Waals surface area (Å²) in [6.45, 7) is 7.93. The van der Waals surface area contributed by atoms with Crippen LogP contribution in [0.1, 0.15) is 20.8 Å². The highest BCUT2D eigenvalue weighted by molar-refractivity contribution is 7.92. The van der Waals surface area contributed by atoms with Gasteiger partial charge in [0, 0.05) is 25.5 Å². The molecule has 0 aromatic carbocycles. The smallest absolute Gasteiger partial charge is 0.156 e. The van der Waals surface area contributed by atoms with Gasteiger partial charge in [-0.1, -0.05) is 0 Å². The summed E-state index contributed by atoms with van der Waals surface area (Å²) in [5.74, 6) is 0.661. The van der Waals surface area contributed by atoms with Crippen molar-refractivity contribution in [2.24, 2.45) is 0 Å². The number of hydrogen-bond donors (Lipinski definition) is 0. The maximum absolute atomic E-state index is 12.0. The maximum atomic E-state index is 12.0. The highest BCUT2D eigenvalue weighted by atomic mass is 35.5. The van der Waals surface area contributed by atoms with Crippen LogP contribution in [0.25, 0.3) is 0 Å². The van der Waals surface area contributed by atoms with E-state index in [0.717, 1.165) is 13.1 Å². The summed E-state index contributed by atoms with van der Waals surface area (Å²) in [5.41, 5.74) is 0. The normalized spacial score (nSPS) is 23.9. The van der Waals surface area contributed by atoms with Gasteiger partial charge in [-0.2, -0.15) is 0 Å². The molecule has 1 unspecified atom stereocenters. The minimum absolute atomic E-state index is 0.0303. The van der Waals surface area contributed by atoms with Crippen LogP contribution in [0.3, 0.4) is 0 Å². The molecule has 4 nitrogen and oxygen atoms in total. The average Bonchev–Trinajstić information content (AvgIpc) is 2.25. The summed E-state index contributed by atoms with van der Waals surface area (Å²) in [5, 5.41) is 0. The summed E-state index contributed by atoms with van der Waals surface area (Å²) in [4.78, 5) is 2.11. The van der Waals surface area contributed by atoms with Crippen molar-refractivity contribution >= 4 is 21.4 Å². The lowest BCUT2D eigenvalue weighted by atomic mass is 10.3. The molecule has 0 bridgehead atoms. The van der Waals surface area contributed by atoms with Crippen LogP contribution in [0, 0.1) is 0 Å². The van der Waals surface area contributed by atoms with Gasteiger partial charge in [-0.15, -0.1) is 11.6 Å². The topological polar surface area (TPSA) is 46.6 Å². The Bertz CT molecular complexity index is 337. The van der Waals surface area contributed by atoms with Crippen LogP contribution in [-0.4, -0.2) is 62.0 Å². The van der Waals surface area contributed by atoms with Crippen molar-refractivity contribution in [1.82, 2.24) is 4.90 Å². The Morgan fingerprint density at radius 1 is 1.41 bits per heavy atom. The second kappa shape index (κ2) is 5.87.